The Morgan fingerprint density at radius 3 is 2.50 bits per heavy atom. The summed E-state index contributed by atoms with van der Waals surface area (Å²) in [5.41, 5.74) is 4.53. The van der Waals surface area contributed by atoms with Crippen molar-refractivity contribution >= 4 is 17.7 Å². The van der Waals surface area contributed by atoms with E-state index in [1.807, 2.05) is 41.3 Å². The average Bonchev–Trinajstić information content (AvgIpc) is 2.72. The van der Waals surface area contributed by atoms with Crippen molar-refractivity contribution in [2.45, 2.75) is 23.7 Å². The number of hydrogen-bond donors (Lipinski definition) is 0. The molecular formula is C22H20N2OS. The number of carbonyl (C=O) groups is 1. The van der Waals surface area contributed by atoms with Gasteiger partial charge in [0.25, 0.3) is 5.91 Å². The van der Waals surface area contributed by atoms with E-state index >= 15 is 0 Å². The normalized spacial score (nSPS) is 13.3. The molecule has 0 fully saturated rings. The van der Waals surface area contributed by atoms with Gasteiger partial charge in [0, 0.05) is 25.0 Å². The number of nitrogens with zero attached hydrogens (tertiary/aromatic N) is 2. The molecule has 1 aliphatic rings. The van der Waals surface area contributed by atoms with E-state index in [-0.39, 0.29) is 5.91 Å². The lowest BCUT2D eigenvalue weighted by Gasteiger charge is -2.28. The maximum Gasteiger partial charge on any atom is 0.255 e. The monoisotopic (exact) mass is 360 g/mol. The summed E-state index contributed by atoms with van der Waals surface area (Å²) in [6.07, 6.45) is 2.62. The molecule has 130 valence electrons. The summed E-state index contributed by atoms with van der Waals surface area (Å²) >= 11 is 1.68. The van der Waals surface area contributed by atoms with E-state index in [2.05, 4.69) is 35.3 Å². The maximum atomic E-state index is 12.8. The second-order valence-electron chi connectivity index (χ2n) is 6.40. The zero-order chi connectivity index (χ0) is 17.8. The third-order valence-electron chi connectivity index (χ3n) is 4.63. The molecular weight excluding hydrogens is 340 g/mol. The number of rotatable bonds is 4. The quantitative estimate of drug-likeness (QED) is 0.639. The smallest absolute Gasteiger partial charge is 0.255 e. The minimum absolute atomic E-state index is 0.0617. The van der Waals surface area contributed by atoms with Crippen LogP contribution < -0.4 is 0 Å². The Morgan fingerprint density at radius 1 is 0.962 bits per heavy atom. The SMILES string of the molecule is O=C(c1ccc(SCc2ccccc2)nc1)N1CCc2ccccc2C1. The molecule has 0 aliphatic carbocycles. The summed E-state index contributed by atoms with van der Waals surface area (Å²) in [4.78, 5) is 19.2. The van der Waals surface area contributed by atoms with E-state index in [4.69, 9.17) is 0 Å². The number of benzene rings is 2. The molecule has 0 radical (unpaired) electrons. The number of aromatic nitrogens is 1. The van der Waals surface area contributed by atoms with Crippen LogP contribution in [0.25, 0.3) is 0 Å². The molecule has 26 heavy (non-hydrogen) atoms. The molecule has 0 saturated heterocycles. The lowest BCUT2D eigenvalue weighted by atomic mass is 9.99. The third kappa shape index (κ3) is 3.81. The number of fused-ring (bicyclic) bond motifs is 1. The van der Waals surface area contributed by atoms with Gasteiger partial charge in [-0.25, -0.2) is 4.98 Å². The summed E-state index contributed by atoms with van der Waals surface area (Å²) in [5, 5.41) is 0.939. The first kappa shape index (κ1) is 16.9. The van der Waals surface area contributed by atoms with Crippen LogP contribution in [0.1, 0.15) is 27.0 Å². The molecule has 3 aromatic rings. The highest BCUT2D eigenvalue weighted by atomic mass is 32.2. The van der Waals surface area contributed by atoms with E-state index in [1.165, 1.54) is 16.7 Å². The number of amides is 1. The third-order valence-corrected chi connectivity index (χ3v) is 5.65. The molecule has 1 amide bonds. The number of carbonyl (C=O) groups excluding carboxylic acids is 1. The van der Waals surface area contributed by atoms with Crippen molar-refractivity contribution in [2.24, 2.45) is 0 Å². The first-order valence-electron chi connectivity index (χ1n) is 8.78. The van der Waals surface area contributed by atoms with Crippen LogP contribution in [0.4, 0.5) is 0 Å². The Balaban J connectivity index is 1.40. The predicted octanol–water partition coefficient (Wildman–Crippen LogP) is 4.57. The van der Waals surface area contributed by atoms with E-state index < -0.39 is 0 Å². The summed E-state index contributed by atoms with van der Waals surface area (Å²) in [5.74, 6) is 0.941. The highest BCUT2D eigenvalue weighted by Crippen LogP contribution is 2.23. The van der Waals surface area contributed by atoms with Gasteiger partial charge in [0.15, 0.2) is 0 Å². The molecule has 4 heteroatoms. The maximum absolute atomic E-state index is 12.8. The van der Waals surface area contributed by atoms with Gasteiger partial charge in [-0.1, -0.05) is 54.6 Å². The fraction of sp³-hybridized carbons (Fsp3) is 0.182. The van der Waals surface area contributed by atoms with Gasteiger partial charge < -0.3 is 4.90 Å². The number of pyridine rings is 1. The van der Waals surface area contributed by atoms with Crippen LogP contribution in [0.5, 0.6) is 0 Å². The zero-order valence-corrected chi connectivity index (χ0v) is 15.3. The Kier molecular flexibility index (Phi) is 5.02. The van der Waals surface area contributed by atoms with Crippen LogP contribution in [0.3, 0.4) is 0 Å². The van der Waals surface area contributed by atoms with Gasteiger partial charge in [-0.3, -0.25) is 4.79 Å². The molecule has 1 aromatic heterocycles. The fourth-order valence-corrected chi connectivity index (χ4v) is 3.97. The fourth-order valence-electron chi connectivity index (χ4n) is 3.18. The molecule has 0 unspecified atom stereocenters. The lowest BCUT2D eigenvalue weighted by Crippen LogP contribution is -2.35. The van der Waals surface area contributed by atoms with Crippen LogP contribution in [0.15, 0.2) is 78.0 Å². The van der Waals surface area contributed by atoms with Gasteiger partial charge in [0.2, 0.25) is 0 Å². The molecule has 4 rings (SSSR count). The van der Waals surface area contributed by atoms with Gasteiger partial charge >= 0.3 is 0 Å². The highest BCUT2D eigenvalue weighted by molar-refractivity contribution is 7.98. The molecule has 0 bridgehead atoms. The van der Waals surface area contributed by atoms with Crippen LogP contribution in [-0.2, 0) is 18.7 Å². The zero-order valence-electron chi connectivity index (χ0n) is 14.5. The lowest BCUT2D eigenvalue weighted by molar-refractivity contribution is 0.0734. The summed E-state index contributed by atoms with van der Waals surface area (Å²) in [7, 11) is 0. The second-order valence-corrected chi connectivity index (χ2v) is 7.40. The van der Waals surface area contributed by atoms with Crippen molar-refractivity contribution in [3.05, 3.63) is 95.2 Å². The molecule has 1 aliphatic heterocycles. The van der Waals surface area contributed by atoms with Crippen molar-refractivity contribution in [1.29, 1.82) is 0 Å². The van der Waals surface area contributed by atoms with Crippen LogP contribution >= 0.6 is 11.8 Å². The van der Waals surface area contributed by atoms with E-state index in [0.717, 1.165) is 23.7 Å². The van der Waals surface area contributed by atoms with E-state index in [9.17, 15) is 4.79 Å². The van der Waals surface area contributed by atoms with Crippen molar-refractivity contribution in [3.63, 3.8) is 0 Å². The van der Waals surface area contributed by atoms with Gasteiger partial charge in [-0.2, -0.15) is 0 Å². The minimum Gasteiger partial charge on any atom is -0.334 e. The average molecular weight is 360 g/mol. The van der Waals surface area contributed by atoms with Gasteiger partial charge in [-0.05, 0) is 35.2 Å². The summed E-state index contributed by atoms with van der Waals surface area (Å²) in [6, 6.07) is 22.5. The second kappa shape index (κ2) is 7.75. The van der Waals surface area contributed by atoms with Crippen LogP contribution in [-0.4, -0.2) is 22.3 Å². The van der Waals surface area contributed by atoms with E-state index in [0.29, 0.717) is 12.1 Å². The summed E-state index contributed by atoms with van der Waals surface area (Å²) < 4.78 is 0. The first-order chi connectivity index (χ1) is 12.8. The van der Waals surface area contributed by atoms with Crippen molar-refractivity contribution in [3.8, 4) is 0 Å². The van der Waals surface area contributed by atoms with E-state index in [1.54, 1.807) is 18.0 Å². The van der Waals surface area contributed by atoms with Gasteiger partial charge in [-0.15, -0.1) is 11.8 Å². The topological polar surface area (TPSA) is 33.2 Å². The molecule has 0 N–H and O–H groups in total. The van der Waals surface area contributed by atoms with Crippen LogP contribution in [0.2, 0.25) is 0 Å². The largest absolute Gasteiger partial charge is 0.334 e. The number of thioether (sulfide) groups is 1. The van der Waals surface area contributed by atoms with Crippen LogP contribution in [0, 0.1) is 0 Å². The molecule has 0 saturated carbocycles. The Bertz CT molecular complexity index is 894. The molecule has 0 atom stereocenters. The van der Waals surface area contributed by atoms with Crippen molar-refractivity contribution < 1.29 is 4.79 Å². The van der Waals surface area contributed by atoms with Gasteiger partial charge in [0.05, 0.1) is 10.6 Å². The predicted molar refractivity (Wildman–Crippen MR) is 105 cm³/mol. The molecule has 2 heterocycles. The Labute approximate surface area is 158 Å². The Morgan fingerprint density at radius 2 is 1.73 bits per heavy atom. The minimum atomic E-state index is 0.0617. The summed E-state index contributed by atoms with van der Waals surface area (Å²) in [6.45, 7) is 1.44. The standard InChI is InChI=1S/C22H20N2OS/c25-22(24-13-12-18-8-4-5-9-20(18)15-24)19-10-11-21(23-14-19)26-16-17-6-2-1-3-7-17/h1-11,14H,12-13,15-16H2. The number of hydrogen-bond acceptors (Lipinski definition) is 3. The first-order valence-corrected chi connectivity index (χ1v) is 9.77. The highest BCUT2D eigenvalue weighted by Gasteiger charge is 2.21. The van der Waals surface area contributed by atoms with Crippen molar-refractivity contribution in [2.75, 3.05) is 6.54 Å². The molecule has 2 aromatic carbocycles. The molecule has 3 nitrogen and oxygen atoms in total. The molecule has 0 spiro atoms. The Hall–Kier alpha value is -2.59. The van der Waals surface area contributed by atoms with Crippen molar-refractivity contribution in [1.82, 2.24) is 9.88 Å². The van der Waals surface area contributed by atoms with Gasteiger partial charge in [0.1, 0.15) is 0 Å².